The number of amides is 1. The molecule has 1 unspecified atom stereocenters. The lowest BCUT2D eigenvalue weighted by Crippen LogP contribution is -2.44. The van der Waals surface area contributed by atoms with Crippen molar-refractivity contribution in [1.82, 2.24) is 10.3 Å². The molecule has 0 aliphatic heterocycles. The molecule has 1 heterocycles. The number of pyridine rings is 1. The number of aromatic nitrogens is 1. The van der Waals surface area contributed by atoms with Gasteiger partial charge in [-0.25, -0.2) is 4.98 Å². The molecule has 1 aromatic rings. The van der Waals surface area contributed by atoms with Gasteiger partial charge < -0.3 is 15.2 Å². The minimum absolute atomic E-state index is 0.0323. The van der Waals surface area contributed by atoms with Crippen LogP contribution in [0.5, 0.6) is 5.88 Å². The van der Waals surface area contributed by atoms with Crippen LogP contribution in [0.4, 0.5) is 0 Å². The topological polar surface area (TPSA) is 71.5 Å². The molecule has 1 aromatic heterocycles. The van der Waals surface area contributed by atoms with Crippen LogP contribution < -0.4 is 10.1 Å². The number of halogens is 1. The largest absolute Gasteiger partial charge is 0.477 e. The Labute approximate surface area is 124 Å². The van der Waals surface area contributed by atoms with E-state index in [4.69, 9.17) is 16.3 Å². The number of carbonyl (C=O) groups excluding carboxylic acids is 1. The first-order chi connectivity index (χ1) is 9.27. The highest BCUT2D eigenvalue weighted by atomic mass is 35.5. The SMILES string of the molecule is CCOc1ncc(C(=O)NCC(C)(O)C(C)C)cc1Cl. The van der Waals surface area contributed by atoms with Gasteiger partial charge in [-0.1, -0.05) is 25.4 Å². The van der Waals surface area contributed by atoms with Crippen LogP contribution in [0.25, 0.3) is 0 Å². The van der Waals surface area contributed by atoms with Crippen LogP contribution in [0.3, 0.4) is 0 Å². The summed E-state index contributed by atoms with van der Waals surface area (Å²) in [5.41, 5.74) is -0.629. The molecule has 0 aliphatic carbocycles. The monoisotopic (exact) mass is 300 g/mol. The summed E-state index contributed by atoms with van der Waals surface area (Å²) in [6, 6.07) is 1.50. The number of nitrogens with one attached hydrogen (secondary N) is 1. The zero-order chi connectivity index (χ0) is 15.3. The van der Waals surface area contributed by atoms with Crippen molar-refractivity contribution in [2.45, 2.75) is 33.3 Å². The molecule has 0 spiro atoms. The average Bonchev–Trinajstić information content (AvgIpc) is 2.38. The fourth-order valence-electron chi connectivity index (χ4n) is 1.36. The Hall–Kier alpha value is -1.33. The van der Waals surface area contributed by atoms with Crippen LogP contribution >= 0.6 is 11.6 Å². The Balaban J connectivity index is 2.71. The van der Waals surface area contributed by atoms with Gasteiger partial charge in [0.05, 0.1) is 17.8 Å². The van der Waals surface area contributed by atoms with E-state index in [-0.39, 0.29) is 23.4 Å². The first-order valence-corrected chi connectivity index (χ1v) is 6.94. The summed E-state index contributed by atoms with van der Waals surface area (Å²) in [5, 5.41) is 13.0. The predicted octanol–water partition coefficient (Wildman–Crippen LogP) is 2.27. The van der Waals surface area contributed by atoms with E-state index < -0.39 is 5.60 Å². The van der Waals surface area contributed by atoms with E-state index in [1.807, 2.05) is 20.8 Å². The first kappa shape index (κ1) is 16.7. The lowest BCUT2D eigenvalue weighted by Gasteiger charge is -2.27. The van der Waals surface area contributed by atoms with E-state index in [0.717, 1.165) is 0 Å². The Kier molecular flexibility index (Phi) is 5.77. The molecular formula is C14H21ClN2O3. The fourth-order valence-corrected chi connectivity index (χ4v) is 1.58. The maximum Gasteiger partial charge on any atom is 0.253 e. The normalized spacial score (nSPS) is 13.9. The molecule has 0 bridgehead atoms. The second kappa shape index (κ2) is 6.90. The molecule has 20 heavy (non-hydrogen) atoms. The lowest BCUT2D eigenvalue weighted by molar-refractivity contribution is 0.0142. The number of nitrogens with zero attached hydrogens (tertiary/aromatic N) is 1. The van der Waals surface area contributed by atoms with Crippen molar-refractivity contribution in [3.05, 3.63) is 22.8 Å². The van der Waals surface area contributed by atoms with Gasteiger partial charge in [0.2, 0.25) is 5.88 Å². The van der Waals surface area contributed by atoms with Crippen LogP contribution in [0, 0.1) is 5.92 Å². The highest BCUT2D eigenvalue weighted by molar-refractivity contribution is 6.32. The van der Waals surface area contributed by atoms with Gasteiger partial charge >= 0.3 is 0 Å². The van der Waals surface area contributed by atoms with Gasteiger partial charge in [0.1, 0.15) is 5.02 Å². The number of carbonyl (C=O) groups is 1. The first-order valence-electron chi connectivity index (χ1n) is 6.56. The van der Waals surface area contributed by atoms with E-state index in [1.165, 1.54) is 12.3 Å². The van der Waals surface area contributed by atoms with E-state index in [9.17, 15) is 9.90 Å². The van der Waals surface area contributed by atoms with Crippen molar-refractivity contribution in [1.29, 1.82) is 0 Å². The van der Waals surface area contributed by atoms with E-state index in [0.29, 0.717) is 18.1 Å². The smallest absolute Gasteiger partial charge is 0.253 e. The van der Waals surface area contributed by atoms with Crippen LogP contribution in [0.15, 0.2) is 12.3 Å². The molecule has 2 N–H and O–H groups in total. The average molecular weight is 301 g/mol. The molecular weight excluding hydrogens is 280 g/mol. The van der Waals surface area contributed by atoms with Crippen molar-refractivity contribution in [2.75, 3.05) is 13.2 Å². The number of aliphatic hydroxyl groups is 1. The summed E-state index contributed by atoms with van der Waals surface area (Å²) in [6.07, 6.45) is 1.40. The lowest BCUT2D eigenvalue weighted by atomic mass is 9.92. The van der Waals surface area contributed by atoms with Crippen LogP contribution in [-0.2, 0) is 0 Å². The Bertz CT molecular complexity index is 475. The molecule has 0 radical (unpaired) electrons. The van der Waals surface area contributed by atoms with E-state index >= 15 is 0 Å². The van der Waals surface area contributed by atoms with Gasteiger partial charge in [0.15, 0.2) is 0 Å². The third-order valence-corrected chi connectivity index (χ3v) is 3.47. The predicted molar refractivity (Wildman–Crippen MR) is 78.2 cm³/mol. The summed E-state index contributed by atoms with van der Waals surface area (Å²) in [7, 11) is 0. The number of hydrogen-bond donors (Lipinski definition) is 2. The third kappa shape index (κ3) is 4.35. The number of ether oxygens (including phenoxy) is 1. The van der Waals surface area contributed by atoms with E-state index in [1.54, 1.807) is 6.92 Å². The molecule has 0 saturated heterocycles. The van der Waals surface area contributed by atoms with Crippen molar-refractivity contribution >= 4 is 17.5 Å². The molecule has 1 rings (SSSR count). The fraction of sp³-hybridized carbons (Fsp3) is 0.571. The summed E-state index contributed by atoms with van der Waals surface area (Å²) < 4.78 is 5.20. The Morgan fingerprint density at radius 1 is 1.60 bits per heavy atom. The van der Waals surface area contributed by atoms with Crippen molar-refractivity contribution in [2.24, 2.45) is 5.92 Å². The summed E-state index contributed by atoms with van der Waals surface area (Å²) in [5.74, 6) is 0.00751. The van der Waals surface area contributed by atoms with Crippen LogP contribution in [-0.4, -0.2) is 34.8 Å². The molecule has 0 saturated carbocycles. The minimum Gasteiger partial charge on any atom is -0.477 e. The van der Waals surface area contributed by atoms with Crippen molar-refractivity contribution in [3.63, 3.8) is 0 Å². The quantitative estimate of drug-likeness (QED) is 0.845. The molecule has 5 nitrogen and oxygen atoms in total. The number of hydrogen-bond acceptors (Lipinski definition) is 4. The van der Waals surface area contributed by atoms with Crippen LogP contribution in [0.2, 0.25) is 5.02 Å². The molecule has 1 amide bonds. The maximum atomic E-state index is 12.0. The maximum absolute atomic E-state index is 12.0. The van der Waals surface area contributed by atoms with Gasteiger partial charge in [0, 0.05) is 12.7 Å². The zero-order valence-electron chi connectivity index (χ0n) is 12.2. The Morgan fingerprint density at radius 3 is 2.75 bits per heavy atom. The second-order valence-electron chi connectivity index (χ2n) is 5.14. The highest BCUT2D eigenvalue weighted by Gasteiger charge is 2.25. The Morgan fingerprint density at radius 2 is 2.25 bits per heavy atom. The summed E-state index contributed by atoms with van der Waals surface area (Å²) in [4.78, 5) is 16.0. The zero-order valence-corrected chi connectivity index (χ0v) is 13.0. The molecule has 0 fully saturated rings. The molecule has 0 aliphatic rings. The van der Waals surface area contributed by atoms with Gasteiger partial charge in [-0.05, 0) is 25.8 Å². The number of rotatable bonds is 6. The van der Waals surface area contributed by atoms with Crippen LogP contribution in [0.1, 0.15) is 38.1 Å². The molecule has 0 aromatic carbocycles. The third-order valence-electron chi connectivity index (χ3n) is 3.20. The van der Waals surface area contributed by atoms with Crippen molar-refractivity contribution in [3.8, 4) is 5.88 Å². The second-order valence-corrected chi connectivity index (χ2v) is 5.55. The van der Waals surface area contributed by atoms with Gasteiger partial charge in [-0.15, -0.1) is 0 Å². The summed E-state index contributed by atoms with van der Waals surface area (Å²) in [6.45, 7) is 7.90. The van der Waals surface area contributed by atoms with Crippen molar-refractivity contribution < 1.29 is 14.6 Å². The molecule has 1 atom stereocenters. The van der Waals surface area contributed by atoms with Gasteiger partial charge in [-0.3, -0.25) is 4.79 Å². The molecule has 112 valence electrons. The minimum atomic E-state index is -0.960. The summed E-state index contributed by atoms with van der Waals surface area (Å²) >= 11 is 5.98. The van der Waals surface area contributed by atoms with Gasteiger partial charge in [-0.2, -0.15) is 0 Å². The van der Waals surface area contributed by atoms with Gasteiger partial charge in [0.25, 0.3) is 5.91 Å². The molecule has 6 heteroatoms. The highest BCUT2D eigenvalue weighted by Crippen LogP contribution is 2.22. The standard InChI is InChI=1S/C14H21ClN2O3/c1-5-20-13-11(15)6-10(7-16-13)12(18)17-8-14(4,19)9(2)3/h6-7,9,19H,5,8H2,1-4H3,(H,17,18). The van der Waals surface area contributed by atoms with E-state index in [2.05, 4.69) is 10.3 Å².